The lowest BCUT2D eigenvalue weighted by molar-refractivity contribution is -0.158. The van der Waals surface area contributed by atoms with Crippen molar-refractivity contribution in [1.29, 1.82) is 0 Å². The molecule has 0 amide bonds. The van der Waals surface area contributed by atoms with E-state index < -0.39 is 0 Å². The molecule has 0 unspecified atom stereocenters. The molecule has 0 N–H and O–H groups in total. The molecule has 3 nitrogen and oxygen atoms in total. The summed E-state index contributed by atoms with van der Waals surface area (Å²) in [6.07, 6.45) is 0. The zero-order valence-corrected chi connectivity index (χ0v) is 8.63. The van der Waals surface area contributed by atoms with Crippen LogP contribution in [-0.2, 0) is 4.84 Å². The minimum atomic E-state index is 0.305. The second-order valence-corrected chi connectivity index (χ2v) is 4.27. The molecular formula is C9H20N2O. The molecule has 0 saturated carbocycles. The third kappa shape index (κ3) is 2.44. The summed E-state index contributed by atoms with van der Waals surface area (Å²) >= 11 is 0. The summed E-state index contributed by atoms with van der Waals surface area (Å²) in [5.74, 6) is 0. The van der Waals surface area contributed by atoms with Gasteiger partial charge in [0.1, 0.15) is 0 Å². The van der Waals surface area contributed by atoms with Gasteiger partial charge in [-0.3, -0.25) is 4.90 Å². The third-order valence-corrected chi connectivity index (χ3v) is 2.45. The van der Waals surface area contributed by atoms with Gasteiger partial charge in [-0.05, 0) is 20.8 Å². The van der Waals surface area contributed by atoms with Gasteiger partial charge in [0.05, 0.1) is 7.11 Å². The molecule has 0 aromatic carbocycles. The molecule has 12 heavy (non-hydrogen) atoms. The standard InChI is InChI=1S/C9H20N2O/c1-9(2,3)10-5-7-11(12-4)8-6-10/h5-8H2,1-4H3. The SMILES string of the molecule is CON1CCN(C(C)(C)C)CC1. The maximum atomic E-state index is 5.16. The lowest BCUT2D eigenvalue weighted by atomic mass is 10.1. The molecule has 0 aromatic heterocycles. The van der Waals surface area contributed by atoms with Crippen molar-refractivity contribution in [1.82, 2.24) is 9.96 Å². The molecule has 0 atom stereocenters. The molecule has 0 radical (unpaired) electrons. The van der Waals surface area contributed by atoms with E-state index in [9.17, 15) is 0 Å². The van der Waals surface area contributed by atoms with Crippen LogP contribution in [0.3, 0.4) is 0 Å². The van der Waals surface area contributed by atoms with Crippen LogP contribution in [0.2, 0.25) is 0 Å². The van der Waals surface area contributed by atoms with Gasteiger partial charge in [-0.25, -0.2) is 0 Å². The number of hydroxylamine groups is 2. The second-order valence-electron chi connectivity index (χ2n) is 4.27. The Morgan fingerprint density at radius 3 is 1.83 bits per heavy atom. The minimum Gasteiger partial charge on any atom is -0.302 e. The highest BCUT2D eigenvalue weighted by atomic mass is 16.7. The number of hydrogen-bond donors (Lipinski definition) is 0. The summed E-state index contributed by atoms with van der Waals surface area (Å²) < 4.78 is 0. The summed E-state index contributed by atoms with van der Waals surface area (Å²) in [5, 5.41) is 2.02. The quantitative estimate of drug-likeness (QED) is 0.586. The Morgan fingerprint density at radius 1 is 1.00 bits per heavy atom. The van der Waals surface area contributed by atoms with Gasteiger partial charge in [-0.1, -0.05) is 0 Å². The Balaban J connectivity index is 2.36. The highest BCUT2D eigenvalue weighted by molar-refractivity contribution is 4.79. The van der Waals surface area contributed by atoms with Crippen molar-refractivity contribution < 1.29 is 4.84 Å². The van der Waals surface area contributed by atoms with E-state index in [0.29, 0.717) is 5.54 Å². The number of nitrogens with zero attached hydrogens (tertiary/aromatic N) is 2. The van der Waals surface area contributed by atoms with Crippen LogP contribution in [0.15, 0.2) is 0 Å². The normalized spacial score (nSPS) is 23.0. The summed E-state index contributed by atoms with van der Waals surface area (Å²) in [6.45, 7) is 11.0. The molecular weight excluding hydrogens is 152 g/mol. The Labute approximate surface area is 75.2 Å². The first-order chi connectivity index (χ1) is 5.54. The molecule has 1 heterocycles. The highest BCUT2D eigenvalue weighted by Crippen LogP contribution is 2.15. The van der Waals surface area contributed by atoms with E-state index in [1.54, 1.807) is 7.11 Å². The van der Waals surface area contributed by atoms with Gasteiger partial charge in [-0.15, -0.1) is 0 Å². The van der Waals surface area contributed by atoms with Crippen LogP contribution < -0.4 is 0 Å². The zero-order valence-electron chi connectivity index (χ0n) is 8.63. The summed E-state index contributed by atoms with van der Waals surface area (Å²) in [6, 6.07) is 0. The number of hydrogen-bond acceptors (Lipinski definition) is 3. The monoisotopic (exact) mass is 172 g/mol. The van der Waals surface area contributed by atoms with Crippen LogP contribution in [0.25, 0.3) is 0 Å². The van der Waals surface area contributed by atoms with Gasteiger partial charge in [0.2, 0.25) is 0 Å². The van der Waals surface area contributed by atoms with E-state index in [-0.39, 0.29) is 0 Å². The molecule has 72 valence electrons. The predicted octanol–water partition coefficient (Wildman–Crippen LogP) is 0.964. The molecule has 1 saturated heterocycles. The van der Waals surface area contributed by atoms with Crippen molar-refractivity contribution in [3.8, 4) is 0 Å². The van der Waals surface area contributed by atoms with Gasteiger partial charge in [-0.2, -0.15) is 5.06 Å². The van der Waals surface area contributed by atoms with E-state index in [4.69, 9.17) is 4.84 Å². The molecule has 0 bridgehead atoms. The lowest BCUT2D eigenvalue weighted by Gasteiger charge is -2.41. The van der Waals surface area contributed by atoms with Crippen LogP contribution in [0.5, 0.6) is 0 Å². The Kier molecular flexibility index (Phi) is 3.09. The Bertz CT molecular complexity index is 134. The van der Waals surface area contributed by atoms with Gasteiger partial charge in [0.25, 0.3) is 0 Å². The maximum absolute atomic E-state index is 5.16. The molecule has 0 aromatic rings. The Morgan fingerprint density at radius 2 is 1.50 bits per heavy atom. The largest absolute Gasteiger partial charge is 0.302 e. The predicted molar refractivity (Wildman–Crippen MR) is 49.9 cm³/mol. The molecule has 0 spiro atoms. The fourth-order valence-electron chi connectivity index (χ4n) is 1.54. The maximum Gasteiger partial charge on any atom is 0.0575 e. The highest BCUT2D eigenvalue weighted by Gasteiger charge is 2.25. The lowest BCUT2D eigenvalue weighted by Crippen LogP contribution is -2.52. The third-order valence-electron chi connectivity index (χ3n) is 2.45. The van der Waals surface area contributed by atoms with Crippen molar-refractivity contribution >= 4 is 0 Å². The van der Waals surface area contributed by atoms with Gasteiger partial charge >= 0.3 is 0 Å². The molecule has 1 aliphatic heterocycles. The first kappa shape index (κ1) is 9.96. The van der Waals surface area contributed by atoms with E-state index in [2.05, 4.69) is 25.7 Å². The molecule has 1 rings (SSSR count). The first-order valence-corrected chi connectivity index (χ1v) is 4.58. The number of piperazine rings is 1. The van der Waals surface area contributed by atoms with Crippen LogP contribution in [0.4, 0.5) is 0 Å². The first-order valence-electron chi connectivity index (χ1n) is 4.58. The summed E-state index contributed by atoms with van der Waals surface area (Å²) in [7, 11) is 1.74. The Hall–Kier alpha value is -0.120. The van der Waals surface area contributed by atoms with Crippen LogP contribution in [0.1, 0.15) is 20.8 Å². The molecule has 3 heteroatoms. The number of rotatable bonds is 1. The van der Waals surface area contributed by atoms with Crippen molar-refractivity contribution in [2.45, 2.75) is 26.3 Å². The zero-order chi connectivity index (χ0) is 9.19. The molecule has 1 aliphatic rings. The van der Waals surface area contributed by atoms with Crippen LogP contribution in [-0.4, -0.2) is 48.8 Å². The van der Waals surface area contributed by atoms with E-state index in [1.165, 1.54) is 0 Å². The summed E-state index contributed by atoms with van der Waals surface area (Å²) in [4.78, 5) is 7.65. The molecule has 1 fully saturated rings. The van der Waals surface area contributed by atoms with Gasteiger partial charge < -0.3 is 4.84 Å². The van der Waals surface area contributed by atoms with E-state index in [0.717, 1.165) is 26.2 Å². The fraction of sp³-hybridized carbons (Fsp3) is 1.00. The van der Waals surface area contributed by atoms with Gasteiger partial charge in [0.15, 0.2) is 0 Å². The van der Waals surface area contributed by atoms with Crippen LogP contribution in [0, 0.1) is 0 Å². The smallest absolute Gasteiger partial charge is 0.0575 e. The minimum absolute atomic E-state index is 0.305. The van der Waals surface area contributed by atoms with E-state index >= 15 is 0 Å². The van der Waals surface area contributed by atoms with Crippen molar-refractivity contribution in [3.05, 3.63) is 0 Å². The van der Waals surface area contributed by atoms with Gasteiger partial charge in [0, 0.05) is 31.7 Å². The van der Waals surface area contributed by atoms with Crippen molar-refractivity contribution in [2.24, 2.45) is 0 Å². The van der Waals surface area contributed by atoms with Crippen molar-refractivity contribution in [2.75, 3.05) is 33.3 Å². The second kappa shape index (κ2) is 3.73. The van der Waals surface area contributed by atoms with Crippen LogP contribution >= 0.6 is 0 Å². The molecule has 0 aliphatic carbocycles. The van der Waals surface area contributed by atoms with E-state index in [1.807, 2.05) is 5.06 Å². The van der Waals surface area contributed by atoms with Crippen molar-refractivity contribution in [3.63, 3.8) is 0 Å². The average molecular weight is 172 g/mol. The average Bonchev–Trinajstić information content (AvgIpc) is 2.03. The fourth-order valence-corrected chi connectivity index (χ4v) is 1.54. The summed E-state index contributed by atoms with van der Waals surface area (Å²) in [5.41, 5.74) is 0.305. The topological polar surface area (TPSA) is 15.7 Å².